The maximum atomic E-state index is 11.7. The van der Waals surface area contributed by atoms with Gasteiger partial charge in [0.25, 0.3) is 0 Å². The zero-order valence-corrected chi connectivity index (χ0v) is 16.2. The van der Waals surface area contributed by atoms with Crippen LogP contribution in [0.4, 0.5) is 0 Å². The van der Waals surface area contributed by atoms with Gasteiger partial charge in [-0.15, -0.1) is 11.8 Å². The molecule has 0 aliphatic heterocycles. The fraction of sp³-hybridized carbons (Fsp3) is 0.227. The van der Waals surface area contributed by atoms with E-state index in [1.54, 1.807) is 18.7 Å². The second-order valence-corrected chi connectivity index (χ2v) is 7.19. The van der Waals surface area contributed by atoms with Crippen LogP contribution in [-0.4, -0.2) is 36.6 Å². The summed E-state index contributed by atoms with van der Waals surface area (Å²) in [6.45, 7) is 4.87. The lowest BCUT2D eigenvalue weighted by Crippen LogP contribution is -2.28. The number of carbonyl (C=O) groups is 1. The standard InChI is InChI=1S/C22H22O4S/c1-14(2)22(24)26-17(12-23)13-25-21-19-7-5-4-6-15(19)10-16-11-18(27-3)8-9-20(16)21/h4-11,17,23H,1,12-13H2,2-3H3. The Balaban J connectivity index is 1.98. The molecule has 3 rings (SSSR count). The van der Waals surface area contributed by atoms with Gasteiger partial charge in [-0.1, -0.05) is 30.8 Å². The SMILES string of the molecule is C=C(C)C(=O)OC(CO)COc1c2ccccc2cc2cc(SC)ccc12. The van der Waals surface area contributed by atoms with Gasteiger partial charge in [-0.25, -0.2) is 4.79 Å². The van der Waals surface area contributed by atoms with E-state index in [0.717, 1.165) is 27.3 Å². The molecule has 1 atom stereocenters. The third-order valence-electron chi connectivity index (χ3n) is 4.26. The normalized spacial score (nSPS) is 12.1. The Kier molecular flexibility index (Phi) is 6.04. The van der Waals surface area contributed by atoms with E-state index < -0.39 is 12.1 Å². The second-order valence-electron chi connectivity index (χ2n) is 6.32. The highest BCUT2D eigenvalue weighted by atomic mass is 32.2. The van der Waals surface area contributed by atoms with E-state index in [0.29, 0.717) is 0 Å². The molecule has 0 saturated heterocycles. The summed E-state index contributed by atoms with van der Waals surface area (Å²) in [6.07, 6.45) is 1.29. The van der Waals surface area contributed by atoms with Crippen LogP contribution in [0.3, 0.4) is 0 Å². The van der Waals surface area contributed by atoms with Gasteiger partial charge in [0.15, 0.2) is 6.10 Å². The summed E-state index contributed by atoms with van der Waals surface area (Å²) in [5, 5.41) is 13.6. The fourth-order valence-electron chi connectivity index (χ4n) is 2.84. The van der Waals surface area contributed by atoms with E-state index in [-0.39, 0.29) is 18.8 Å². The zero-order valence-electron chi connectivity index (χ0n) is 15.4. The van der Waals surface area contributed by atoms with Crippen molar-refractivity contribution in [2.45, 2.75) is 17.9 Å². The first-order valence-corrected chi connectivity index (χ1v) is 9.85. The second kappa shape index (κ2) is 8.46. The third kappa shape index (κ3) is 4.26. The summed E-state index contributed by atoms with van der Waals surface area (Å²) in [5.74, 6) is 0.186. The molecule has 0 bridgehead atoms. The molecule has 0 amide bonds. The molecule has 3 aromatic rings. The topological polar surface area (TPSA) is 55.8 Å². The van der Waals surface area contributed by atoms with Gasteiger partial charge in [0, 0.05) is 21.2 Å². The number of thioether (sulfide) groups is 1. The molecule has 1 N–H and O–H groups in total. The average molecular weight is 382 g/mol. The smallest absolute Gasteiger partial charge is 0.333 e. The van der Waals surface area contributed by atoms with E-state index in [1.807, 2.05) is 36.6 Å². The number of carbonyl (C=O) groups excluding carboxylic acids is 1. The first-order chi connectivity index (χ1) is 13.0. The van der Waals surface area contributed by atoms with Crippen LogP contribution in [0.15, 0.2) is 65.6 Å². The molecule has 3 aromatic carbocycles. The molecular formula is C22H22O4S. The minimum absolute atomic E-state index is 0.0584. The van der Waals surface area contributed by atoms with Crippen molar-refractivity contribution >= 4 is 39.3 Å². The quantitative estimate of drug-likeness (QED) is 0.281. The van der Waals surface area contributed by atoms with E-state index in [9.17, 15) is 9.90 Å². The Hall–Kier alpha value is -2.50. The first-order valence-electron chi connectivity index (χ1n) is 8.63. The maximum Gasteiger partial charge on any atom is 0.333 e. The molecule has 0 aliphatic carbocycles. The van der Waals surface area contributed by atoms with Crippen molar-refractivity contribution in [3.8, 4) is 5.75 Å². The molecule has 1 unspecified atom stereocenters. The van der Waals surface area contributed by atoms with Gasteiger partial charge < -0.3 is 14.6 Å². The summed E-state index contributed by atoms with van der Waals surface area (Å²) in [6, 6.07) is 16.4. The highest BCUT2D eigenvalue weighted by molar-refractivity contribution is 7.98. The molecule has 4 nitrogen and oxygen atoms in total. The van der Waals surface area contributed by atoms with E-state index in [2.05, 4.69) is 24.8 Å². The summed E-state index contributed by atoms with van der Waals surface area (Å²) >= 11 is 1.69. The minimum Gasteiger partial charge on any atom is -0.488 e. The number of ether oxygens (including phenoxy) is 2. The van der Waals surface area contributed by atoms with Crippen molar-refractivity contribution in [2.75, 3.05) is 19.5 Å². The van der Waals surface area contributed by atoms with Gasteiger partial charge in [-0.3, -0.25) is 0 Å². The van der Waals surface area contributed by atoms with Crippen LogP contribution in [0.2, 0.25) is 0 Å². The highest BCUT2D eigenvalue weighted by Gasteiger charge is 2.17. The third-order valence-corrected chi connectivity index (χ3v) is 4.98. The van der Waals surface area contributed by atoms with Crippen LogP contribution in [0.1, 0.15) is 6.92 Å². The fourth-order valence-corrected chi connectivity index (χ4v) is 3.29. The van der Waals surface area contributed by atoms with Crippen molar-refractivity contribution in [2.24, 2.45) is 0 Å². The number of esters is 1. The van der Waals surface area contributed by atoms with E-state index >= 15 is 0 Å². The Bertz CT molecular complexity index is 996. The summed E-state index contributed by atoms with van der Waals surface area (Å²) < 4.78 is 11.3. The van der Waals surface area contributed by atoms with Crippen molar-refractivity contribution in [1.29, 1.82) is 0 Å². The lowest BCUT2D eigenvalue weighted by molar-refractivity contribution is -0.147. The summed E-state index contributed by atoms with van der Waals surface area (Å²) in [4.78, 5) is 12.9. The Morgan fingerprint density at radius 2 is 1.89 bits per heavy atom. The lowest BCUT2D eigenvalue weighted by atomic mass is 10.0. The summed E-state index contributed by atoms with van der Waals surface area (Å²) in [7, 11) is 0. The van der Waals surface area contributed by atoms with Crippen molar-refractivity contribution in [3.05, 3.63) is 60.7 Å². The molecule has 0 heterocycles. The number of aliphatic hydroxyl groups is 1. The van der Waals surface area contributed by atoms with Gasteiger partial charge in [0.2, 0.25) is 0 Å². The molecule has 140 valence electrons. The molecule has 5 heteroatoms. The van der Waals surface area contributed by atoms with Crippen molar-refractivity contribution < 1.29 is 19.4 Å². The van der Waals surface area contributed by atoms with Gasteiger partial charge in [0.05, 0.1) is 6.61 Å². The number of hydrogen-bond acceptors (Lipinski definition) is 5. The Labute approximate surface area is 162 Å². The van der Waals surface area contributed by atoms with Crippen molar-refractivity contribution in [1.82, 2.24) is 0 Å². The van der Waals surface area contributed by atoms with Crippen LogP contribution in [0.25, 0.3) is 21.5 Å². The van der Waals surface area contributed by atoms with E-state index in [4.69, 9.17) is 9.47 Å². The van der Waals surface area contributed by atoms with E-state index in [1.165, 1.54) is 4.90 Å². The molecule has 0 radical (unpaired) electrons. The largest absolute Gasteiger partial charge is 0.488 e. The molecule has 27 heavy (non-hydrogen) atoms. The van der Waals surface area contributed by atoms with Crippen LogP contribution >= 0.6 is 11.8 Å². The predicted molar refractivity (Wildman–Crippen MR) is 111 cm³/mol. The van der Waals surface area contributed by atoms with Gasteiger partial charge in [0.1, 0.15) is 12.4 Å². The maximum absolute atomic E-state index is 11.7. The van der Waals surface area contributed by atoms with Crippen LogP contribution < -0.4 is 4.74 Å². The number of fused-ring (bicyclic) bond motifs is 2. The number of benzene rings is 3. The predicted octanol–water partition coefficient (Wildman–Crippen LogP) is 4.57. The number of rotatable bonds is 7. The van der Waals surface area contributed by atoms with Crippen LogP contribution in [0, 0.1) is 0 Å². The highest BCUT2D eigenvalue weighted by Crippen LogP contribution is 2.36. The molecule has 0 aliphatic rings. The van der Waals surface area contributed by atoms with Gasteiger partial charge >= 0.3 is 5.97 Å². The first kappa shape index (κ1) is 19.3. The Morgan fingerprint density at radius 3 is 2.59 bits per heavy atom. The average Bonchev–Trinajstić information content (AvgIpc) is 2.69. The number of aliphatic hydroxyl groups excluding tert-OH is 1. The molecular weight excluding hydrogens is 360 g/mol. The van der Waals surface area contributed by atoms with Gasteiger partial charge in [-0.05, 0) is 48.2 Å². The minimum atomic E-state index is -0.756. The zero-order chi connectivity index (χ0) is 19.4. The molecule has 0 spiro atoms. The summed E-state index contributed by atoms with van der Waals surface area (Å²) in [5.41, 5.74) is 0.286. The van der Waals surface area contributed by atoms with Gasteiger partial charge in [-0.2, -0.15) is 0 Å². The van der Waals surface area contributed by atoms with Crippen LogP contribution in [-0.2, 0) is 9.53 Å². The molecule has 0 aromatic heterocycles. The van der Waals surface area contributed by atoms with Crippen molar-refractivity contribution in [3.63, 3.8) is 0 Å². The lowest BCUT2D eigenvalue weighted by Gasteiger charge is -2.19. The molecule has 0 fully saturated rings. The monoisotopic (exact) mass is 382 g/mol. The molecule has 0 saturated carbocycles. The number of hydrogen-bond donors (Lipinski definition) is 1. The Morgan fingerprint density at radius 1 is 1.15 bits per heavy atom. The van der Waals surface area contributed by atoms with Crippen LogP contribution in [0.5, 0.6) is 5.75 Å².